The maximum atomic E-state index is 11.4. The molecule has 2 N–H and O–H groups in total. The van der Waals surface area contributed by atoms with Gasteiger partial charge in [0.05, 0.1) is 6.61 Å². The molecule has 1 atom stereocenters. The van der Waals surface area contributed by atoms with Gasteiger partial charge in [-0.1, -0.05) is 18.2 Å². The molecule has 16 heavy (non-hydrogen) atoms. The van der Waals surface area contributed by atoms with Crippen LogP contribution in [-0.2, 0) is 15.1 Å². The predicted molar refractivity (Wildman–Crippen MR) is 55.1 cm³/mol. The van der Waals surface area contributed by atoms with Crippen molar-refractivity contribution >= 4 is 12.4 Å². The van der Waals surface area contributed by atoms with Crippen LogP contribution in [0, 0.1) is 0 Å². The number of ether oxygens (including phenoxy) is 1. The average molecular weight is 221 g/mol. The summed E-state index contributed by atoms with van der Waals surface area (Å²) in [6, 6.07) is 6.83. The van der Waals surface area contributed by atoms with Crippen LogP contribution in [0.15, 0.2) is 24.3 Å². The van der Waals surface area contributed by atoms with Gasteiger partial charge >= 0.3 is 5.97 Å². The Morgan fingerprint density at radius 1 is 1.50 bits per heavy atom. The van der Waals surface area contributed by atoms with Crippen LogP contribution in [-0.4, -0.2) is 24.1 Å². The molecule has 5 heteroatoms. The fraction of sp³-hybridized carbons (Fsp3) is 0.273. The van der Waals surface area contributed by atoms with Crippen molar-refractivity contribution in [1.29, 1.82) is 0 Å². The first-order valence-electron chi connectivity index (χ1n) is 4.88. The molecule has 1 aromatic rings. The first-order chi connectivity index (χ1) is 7.70. The molecule has 0 saturated heterocycles. The van der Waals surface area contributed by atoms with E-state index >= 15 is 0 Å². The minimum Gasteiger partial charge on any atom is -0.493 e. The van der Waals surface area contributed by atoms with E-state index in [0.717, 1.165) is 0 Å². The molecule has 1 heterocycles. The van der Waals surface area contributed by atoms with Crippen LogP contribution in [0.4, 0.5) is 0 Å². The molecule has 0 radical (unpaired) electrons. The maximum Gasteiger partial charge on any atom is 0.334 e. The molecule has 84 valence electrons. The molecule has 1 aliphatic heterocycles. The third-order valence-electron chi connectivity index (χ3n) is 2.75. The Hall–Kier alpha value is -2.04. The van der Waals surface area contributed by atoms with Gasteiger partial charge in [-0.05, 0) is 6.07 Å². The minimum absolute atomic E-state index is 0.220. The molecule has 0 saturated carbocycles. The van der Waals surface area contributed by atoms with Gasteiger partial charge in [-0.2, -0.15) is 0 Å². The zero-order valence-electron chi connectivity index (χ0n) is 8.47. The average Bonchev–Trinajstić information content (AvgIpc) is 2.29. The Morgan fingerprint density at radius 2 is 2.25 bits per heavy atom. The summed E-state index contributed by atoms with van der Waals surface area (Å²) in [6.07, 6.45) is 0.633. The highest BCUT2D eigenvalue weighted by Gasteiger charge is 2.44. The minimum atomic E-state index is -1.36. The number of carbonyl (C=O) groups is 2. The summed E-state index contributed by atoms with van der Waals surface area (Å²) < 4.78 is 5.36. The molecule has 2 rings (SSSR count). The van der Waals surface area contributed by atoms with Gasteiger partial charge in [0.25, 0.3) is 0 Å². The van der Waals surface area contributed by atoms with Crippen LogP contribution >= 0.6 is 0 Å². The van der Waals surface area contributed by atoms with Gasteiger partial charge in [-0.25, -0.2) is 4.79 Å². The van der Waals surface area contributed by atoms with E-state index in [9.17, 15) is 14.7 Å². The van der Waals surface area contributed by atoms with Gasteiger partial charge in [-0.3, -0.25) is 4.79 Å². The lowest BCUT2D eigenvalue weighted by Crippen LogP contribution is -2.51. The largest absolute Gasteiger partial charge is 0.493 e. The normalized spacial score (nSPS) is 22.8. The van der Waals surface area contributed by atoms with E-state index in [4.69, 9.17) is 4.74 Å². The number of amides is 1. The van der Waals surface area contributed by atoms with Gasteiger partial charge in [0, 0.05) is 12.0 Å². The van der Waals surface area contributed by atoms with Gasteiger partial charge < -0.3 is 15.2 Å². The summed E-state index contributed by atoms with van der Waals surface area (Å²) in [5.74, 6) is -0.569. The molecular formula is C11H11NO4. The molecule has 0 aliphatic carbocycles. The molecule has 1 aromatic carbocycles. The Kier molecular flexibility index (Phi) is 2.52. The highest BCUT2D eigenvalue weighted by atomic mass is 16.5. The summed E-state index contributed by atoms with van der Waals surface area (Å²) in [5.41, 5.74) is -0.878. The number of hydrogen-bond donors (Lipinski definition) is 2. The number of carboxylic acids is 1. The van der Waals surface area contributed by atoms with Gasteiger partial charge in [0.2, 0.25) is 6.41 Å². The van der Waals surface area contributed by atoms with Crippen molar-refractivity contribution in [3.8, 4) is 5.75 Å². The third kappa shape index (κ3) is 1.41. The summed E-state index contributed by atoms with van der Waals surface area (Å²) in [5, 5.41) is 11.7. The number of aliphatic carboxylic acids is 1. The van der Waals surface area contributed by atoms with Crippen LogP contribution in [0.2, 0.25) is 0 Å². The number of carbonyl (C=O) groups excluding carboxylic acids is 1. The molecule has 1 unspecified atom stereocenters. The molecule has 5 nitrogen and oxygen atoms in total. The Bertz CT molecular complexity index is 432. The lowest BCUT2D eigenvalue weighted by Gasteiger charge is -2.34. The lowest BCUT2D eigenvalue weighted by molar-refractivity contribution is -0.148. The number of benzene rings is 1. The summed E-state index contributed by atoms with van der Waals surface area (Å²) in [7, 11) is 0. The fourth-order valence-corrected chi connectivity index (χ4v) is 1.93. The van der Waals surface area contributed by atoms with Crippen molar-refractivity contribution in [1.82, 2.24) is 5.32 Å². The van der Waals surface area contributed by atoms with Crippen molar-refractivity contribution in [2.45, 2.75) is 12.0 Å². The summed E-state index contributed by atoms with van der Waals surface area (Å²) in [6.45, 7) is 0.268. The monoisotopic (exact) mass is 221 g/mol. The topological polar surface area (TPSA) is 75.6 Å². The van der Waals surface area contributed by atoms with E-state index in [1.165, 1.54) is 0 Å². The number of carboxylic acid groups (broad SMARTS) is 1. The van der Waals surface area contributed by atoms with Crippen LogP contribution in [0.1, 0.15) is 12.0 Å². The number of para-hydroxylation sites is 1. The van der Waals surface area contributed by atoms with Crippen molar-refractivity contribution in [3.63, 3.8) is 0 Å². The van der Waals surface area contributed by atoms with Crippen molar-refractivity contribution in [3.05, 3.63) is 29.8 Å². The standard InChI is InChI=1S/C11H11NO4/c13-7-12-11(10(14)15)5-6-16-9-4-2-1-3-8(9)11/h1-4,7H,5-6H2,(H,12,13)(H,14,15). The zero-order chi connectivity index (χ0) is 11.6. The highest BCUT2D eigenvalue weighted by Crippen LogP contribution is 2.36. The SMILES string of the molecule is O=CNC1(C(=O)O)CCOc2ccccc21. The van der Waals surface area contributed by atoms with E-state index in [1.807, 2.05) is 0 Å². The molecule has 1 aliphatic rings. The third-order valence-corrected chi connectivity index (χ3v) is 2.75. The number of rotatable bonds is 3. The van der Waals surface area contributed by atoms with E-state index in [-0.39, 0.29) is 13.0 Å². The maximum absolute atomic E-state index is 11.4. The molecular weight excluding hydrogens is 210 g/mol. The molecule has 1 amide bonds. The van der Waals surface area contributed by atoms with E-state index in [2.05, 4.69) is 5.32 Å². The molecule has 0 spiro atoms. The second kappa shape index (κ2) is 3.84. The van der Waals surface area contributed by atoms with Crippen LogP contribution in [0.5, 0.6) is 5.75 Å². The van der Waals surface area contributed by atoms with Crippen molar-refractivity contribution in [2.24, 2.45) is 0 Å². The number of hydrogen-bond acceptors (Lipinski definition) is 3. The van der Waals surface area contributed by atoms with E-state index < -0.39 is 11.5 Å². The fourth-order valence-electron chi connectivity index (χ4n) is 1.93. The molecule has 0 bridgehead atoms. The van der Waals surface area contributed by atoms with E-state index in [1.54, 1.807) is 24.3 Å². The summed E-state index contributed by atoms with van der Waals surface area (Å²) >= 11 is 0. The summed E-state index contributed by atoms with van der Waals surface area (Å²) in [4.78, 5) is 21.9. The predicted octanol–water partition coefficient (Wildman–Crippen LogP) is 0.495. The van der Waals surface area contributed by atoms with Crippen LogP contribution in [0.25, 0.3) is 0 Å². The van der Waals surface area contributed by atoms with Crippen molar-refractivity contribution in [2.75, 3.05) is 6.61 Å². The highest BCUT2D eigenvalue weighted by molar-refractivity contribution is 5.84. The second-order valence-corrected chi connectivity index (χ2v) is 3.57. The van der Waals surface area contributed by atoms with E-state index in [0.29, 0.717) is 17.7 Å². The first kappa shape index (κ1) is 10.5. The number of fused-ring (bicyclic) bond motifs is 1. The smallest absolute Gasteiger partial charge is 0.334 e. The van der Waals surface area contributed by atoms with Gasteiger partial charge in [-0.15, -0.1) is 0 Å². The molecule has 0 aromatic heterocycles. The Balaban J connectivity index is 2.56. The Labute approximate surface area is 92.0 Å². The van der Waals surface area contributed by atoms with Crippen LogP contribution < -0.4 is 10.1 Å². The van der Waals surface area contributed by atoms with Crippen LogP contribution in [0.3, 0.4) is 0 Å². The number of nitrogens with one attached hydrogen (secondary N) is 1. The zero-order valence-corrected chi connectivity index (χ0v) is 8.47. The molecule has 0 fully saturated rings. The first-order valence-corrected chi connectivity index (χ1v) is 4.88. The Morgan fingerprint density at radius 3 is 2.94 bits per heavy atom. The van der Waals surface area contributed by atoms with Crippen molar-refractivity contribution < 1.29 is 19.4 Å². The van der Waals surface area contributed by atoms with Gasteiger partial charge in [0.1, 0.15) is 5.75 Å². The lowest BCUT2D eigenvalue weighted by atomic mass is 9.85. The van der Waals surface area contributed by atoms with Gasteiger partial charge in [0.15, 0.2) is 5.54 Å². The quantitative estimate of drug-likeness (QED) is 0.728. The second-order valence-electron chi connectivity index (χ2n) is 3.57.